The number of rotatable bonds is 3. The van der Waals surface area contributed by atoms with Crippen molar-refractivity contribution in [1.82, 2.24) is 4.98 Å². The topological polar surface area (TPSA) is 32.9 Å². The van der Waals surface area contributed by atoms with E-state index >= 15 is 0 Å². The van der Waals surface area contributed by atoms with Gasteiger partial charge in [-0.3, -0.25) is 4.79 Å². The fourth-order valence-corrected chi connectivity index (χ4v) is 3.48. The third kappa shape index (κ3) is 1.99. The number of hydrogen-bond acceptors (Lipinski definition) is 2. The normalized spacial score (nSPS) is 11.1. The summed E-state index contributed by atoms with van der Waals surface area (Å²) in [6.07, 6.45) is 2.61. The van der Waals surface area contributed by atoms with Crippen LogP contribution in [0.15, 0.2) is 35.8 Å². The summed E-state index contributed by atoms with van der Waals surface area (Å²) < 4.78 is 0. The molecule has 0 aliphatic heterocycles. The minimum atomic E-state index is 0.0474. The lowest BCUT2D eigenvalue weighted by Gasteiger charge is -2.01. The Balaban J connectivity index is 2.17. The summed E-state index contributed by atoms with van der Waals surface area (Å²) in [5.41, 5.74) is 2.64. The van der Waals surface area contributed by atoms with E-state index in [1.165, 1.54) is 11.3 Å². The lowest BCUT2D eigenvalue weighted by Crippen LogP contribution is -2.00. The van der Waals surface area contributed by atoms with Crippen LogP contribution >= 0.6 is 22.9 Å². The molecule has 0 saturated carbocycles. The Kier molecular flexibility index (Phi) is 3.17. The number of ketones is 1. The van der Waals surface area contributed by atoms with E-state index < -0.39 is 0 Å². The van der Waals surface area contributed by atoms with Crippen LogP contribution in [-0.4, -0.2) is 10.8 Å². The first-order valence-corrected chi connectivity index (χ1v) is 7.34. The van der Waals surface area contributed by atoms with Crippen LogP contribution in [0.5, 0.6) is 0 Å². The molecule has 2 nitrogen and oxygen atoms in total. The van der Waals surface area contributed by atoms with Crippen molar-refractivity contribution < 1.29 is 4.79 Å². The number of aromatic amines is 1. The van der Waals surface area contributed by atoms with Crippen LogP contribution in [-0.2, 0) is 6.42 Å². The molecule has 0 amide bonds. The van der Waals surface area contributed by atoms with Gasteiger partial charge in [0.05, 0.1) is 15.5 Å². The number of carbonyl (C=O) groups excluding carboxylic acids is 1. The second kappa shape index (κ2) is 4.83. The van der Waals surface area contributed by atoms with Gasteiger partial charge in [-0.25, -0.2) is 0 Å². The van der Waals surface area contributed by atoms with Crippen molar-refractivity contribution in [2.45, 2.75) is 13.3 Å². The van der Waals surface area contributed by atoms with Gasteiger partial charge in [-0.2, -0.15) is 0 Å². The summed E-state index contributed by atoms with van der Waals surface area (Å²) >= 11 is 7.70. The molecule has 4 heteroatoms. The molecule has 3 rings (SSSR count). The van der Waals surface area contributed by atoms with E-state index in [0.29, 0.717) is 10.6 Å². The summed E-state index contributed by atoms with van der Waals surface area (Å²) in [6.45, 7) is 2.06. The SMILES string of the molecule is CCc1ccsc1C(=O)c1c[nH]c2cccc(Cl)c12. The van der Waals surface area contributed by atoms with Crippen LogP contribution in [0.4, 0.5) is 0 Å². The Bertz CT molecular complexity index is 756. The molecule has 0 bridgehead atoms. The molecule has 19 heavy (non-hydrogen) atoms. The van der Waals surface area contributed by atoms with Crippen molar-refractivity contribution in [2.75, 3.05) is 0 Å². The Morgan fingerprint density at radius 3 is 3.00 bits per heavy atom. The predicted molar refractivity (Wildman–Crippen MR) is 80.4 cm³/mol. The van der Waals surface area contributed by atoms with E-state index in [-0.39, 0.29) is 5.78 Å². The fourth-order valence-electron chi connectivity index (χ4n) is 2.25. The van der Waals surface area contributed by atoms with Crippen molar-refractivity contribution in [1.29, 1.82) is 0 Å². The standard InChI is InChI=1S/C15H12ClNOS/c1-2-9-6-7-19-15(9)14(18)10-8-17-12-5-3-4-11(16)13(10)12/h3-8,17H,2H2,1H3. The number of carbonyl (C=O) groups is 1. The number of aromatic nitrogens is 1. The fraction of sp³-hybridized carbons (Fsp3) is 0.133. The van der Waals surface area contributed by atoms with Crippen LogP contribution in [0.25, 0.3) is 10.9 Å². The van der Waals surface area contributed by atoms with Crippen molar-refractivity contribution in [3.8, 4) is 0 Å². The maximum absolute atomic E-state index is 12.6. The molecular formula is C15H12ClNOS. The van der Waals surface area contributed by atoms with E-state index in [1.54, 1.807) is 6.20 Å². The zero-order valence-corrected chi connectivity index (χ0v) is 11.9. The van der Waals surface area contributed by atoms with Crippen LogP contribution in [0, 0.1) is 0 Å². The zero-order chi connectivity index (χ0) is 13.4. The maximum atomic E-state index is 12.6. The first-order chi connectivity index (χ1) is 9.22. The summed E-state index contributed by atoms with van der Waals surface area (Å²) in [5.74, 6) is 0.0474. The van der Waals surface area contributed by atoms with Gasteiger partial charge in [-0.15, -0.1) is 11.3 Å². The summed E-state index contributed by atoms with van der Waals surface area (Å²) in [5, 5.41) is 3.38. The largest absolute Gasteiger partial charge is 0.360 e. The van der Waals surface area contributed by atoms with E-state index in [2.05, 4.69) is 11.9 Å². The second-order valence-electron chi connectivity index (χ2n) is 4.32. The van der Waals surface area contributed by atoms with Gasteiger partial charge in [0, 0.05) is 17.1 Å². The Morgan fingerprint density at radius 1 is 1.37 bits per heavy atom. The molecule has 0 aliphatic carbocycles. The minimum absolute atomic E-state index is 0.0474. The predicted octanol–water partition coefficient (Wildman–Crippen LogP) is 4.68. The van der Waals surface area contributed by atoms with Gasteiger partial charge in [0.2, 0.25) is 5.78 Å². The first kappa shape index (κ1) is 12.5. The van der Waals surface area contributed by atoms with Crippen molar-refractivity contribution in [3.63, 3.8) is 0 Å². The molecule has 96 valence electrons. The van der Waals surface area contributed by atoms with Gasteiger partial charge in [0.25, 0.3) is 0 Å². The average molecular weight is 290 g/mol. The van der Waals surface area contributed by atoms with Crippen molar-refractivity contribution >= 4 is 39.6 Å². The Morgan fingerprint density at radius 2 is 2.21 bits per heavy atom. The van der Waals surface area contributed by atoms with Crippen LogP contribution in [0.1, 0.15) is 27.7 Å². The van der Waals surface area contributed by atoms with E-state index in [9.17, 15) is 4.79 Å². The Labute approximate surface area is 120 Å². The lowest BCUT2D eigenvalue weighted by molar-refractivity contribution is 0.104. The Hall–Kier alpha value is -1.58. The molecule has 1 aromatic carbocycles. The zero-order valence-electron chi connectivity index (χ0n) is 10.4. The summed E-state index contributed by atoms with van der Waals surface area (Å²) in [7, 11) is 0. The minimum Gasteiger partial charge on any atom is -0.360 e. The number of nitrogens with one attached hydrogen (secondary N) is 1. The number of aryl methyl sites for hydroxylation is 1. The lowest BCUT2D eigenvalue weighted by atomic mass is 10.0. The van der Waals surface area contributed by atoms with Crippen molar-refractivity contribution in [2.24, 2.45) is 0 Å². The van der Waals surface area contributed by atoms with Gasteiger partial charge < -0.3 is 4.98 Å². The smallest absolute Gasteiger partial charge is 0.205 e. The highest BCUT2D eigenvalue weighted by atomic mass is 35.5. The second-order valence-corrected chi connectivity index (χ2v) is 5.65. The highest BCUT2D eigenvalue weighted by Gasteiger charge is 2.19. The molecule has 0 spiro atoms. The molecule has 0 fully saturated rings. The quantitative estimate of drug-likeness (QED) is 0.698. The monoisotopic (exact) mass is 289 g/mol. The summed E-state index contributed by atoms with van der Waals surface area (Å²) in [6, 6.07) is 7.61. The van der Waals surface area contributed by atoms with Crippen LogP contribution < -0.4 is 0 Å². The highest BCUT2D eigenvalue weighted by molar-refractivity contribution is 7.12. The van der Waals surface area contributed by atoms with Gasteiger partial charge >= 0.3 is 0 Å². The van der Waals surface area contributed by atoms with E-state index in [1.807, 2.05) is 29.6 Å². The van der Waals surface area contributed by atoms with Gasteiger partial charge in [0.15, 0.2) is 0 Å². The van der Waals surface area contributed by atoms with Gasteiger partial charge in [-0.1, -0.05) is 24.6 Å². The maximum Gasteiger partial charge on any atom is 0.205 e. The van der Waals surface area contributed by atoms with Crippen molar-refractivity contribution in [3.05, 3.63) is 56.9 Å². The highest BCUT2D eigenvalue weighted by Crippen LogP contribution is 2.30. The number of hydrogen-bond donors (Lipinski definition) is 1. The number of benzene rings is 1. The number of halogens is 1. The molecule has 0 aliphatic rings. The van der Waals surface area contributed by atoms with Gasteiger partial charge in [0.1, 0.15) is 0 Å². The number of fused-ring (bicyclic) bond motifs is 1. The van der Waals surface area contributed by atoms with E-state index in [4.69, 9.17) is 11.6 Å². The molecule has 0 radical (unpaired) electrons. The third-order valence-corrected chi connectivity index (χ3v) is 4.50. The summed E-state index contributed by atoms with van der Waals surface area (Å²) in [4.78, 5) is 16.6. The average Bonchev–Trinajstić information content (AvgIpc) is 3.05. The molecule has 2 aromatic heterocycles. The molecule has 1 N–H and O–H groups in total. The molecule has 3 aromatic rings. The first-order valence-electron chi connectivity index (χ1n) is 6.09. The van der Waals surface area contributed by atoms with Crippen LogP contribution in [0.3, 0.4) is 0 Å². The third-order valence-electron chi connectivity index (χ3n) is 3.23. The molecule has 0 atom stereocenters. The van der Waals surface area contributed by atoms with E-state index in [0.717, 1.165) is 27.8 Å². The molecule has 0 saturated heterocycles. The van der Waals surface area contributed by atoms with Crippen LogP contribution in [0.2, 0.25) is 5.02 Å². The molecular weight excluding hydrogens is 278 g/mol. The van der Waals surface area contributed by atoms with Gasteiger partial charge in [-0.05, 0) is 35.6 Å². The molecule has 0 unspecified atom stereocenters. The number of thiophene rings is 1. The molecule has 2 heterocycles. The number of H-pyrrole nitrogens is 1.